The van der Waals surface area contributed by atoms with Crippen molar-refractivity contribution in [2.24, 2.45) is 5.73 Å². The van der Waals surface area contributed by atoms with Crippen molar-refractivity contribution in [1.82, 2.24) is 5.32 Å². The van der Waals surface area contributed by atoms with Crippen molar-refractivity contribution in [3.05, 3.63) is 34.1 Å². The van der Waals surface area contributed by atoms with Crippen molar-refractivity contribution in [2.45, 2.75) is 25.9 Å². The summed E-state index contributed by atoms with van der Waals surface area (Å²) in [5.41, 5.74) is 6.37. The molecular weight excluding hydrogens is 259 g/mol. The molecule has 0 radical (unpaired) electrons. The molecule has 0 aliphatic carbocycles. The number of hydrogen-bond donors (Lipinski definition) is 2. The van der Waals surface area contributed by atoms with E-state index in [4.69, 9.17) is 5.73 Å². The highest BCUT2D eigenvalue weighted by Gasteiger charge is 2.04. The molecule has 0 heterocycles. The van der Waals surface area contributed by atoms with Crippen molar-refractivity contribution in [3.63, 3.8) is 0 Å². The van der Waals surface area contributed by atoms with Crippen LogP contribution in [0.25, 0.3) is 0 Å². The summed E-state index contributed by atoms with van der Waals surface area (Å²) >= 11 is 3.39. The molecule has 0 saturated carbocycles. The van der Waals surface area contributed by atoms with E-state index in [9.17, 15) is 4.39 Å². The van der Waals surface area contributed by atoms with E-state index >= 15 is 0 Å². The Hall–Kier alpha value is -0.450. The topological polar surface area (TPSA) is 38.0 Å². The highest BCUT2D eigenvalue weighted by molar-refractivity contribution is 9.10. The Kier molecular flexibility index (Phi) is 5.22. The third-order valence-electron chi connectivity index (χ3n) is 2.25. The minimum atomic E-state index is -0.207. The summed E-state index contributed by atoms with van der Waals surface area (Å²) in [6.45, 7) is 3.39. The van der Waals surface area contributed by atoms with Crippen LogP contribution in [0.5, 0.6) is 0 Å². The minimum Gasteiger partial charge on any atom is -0.330 e. The Morgan fingerprint density at radius 2 is 2.27 bits per heavy atom. The zero-order valence-electron chi connectivity index (χ0n) is 8.76. The van der Waals surface area contributed by atoms with E-state index < -0.39 is 0 Å². The van der Waals surface area contributed by atoms with Gasteiger partial charge in [-0.2, -0.15) is 0 Å². The van der Waals surface area contributed by atoms with Crippen LogP contribution >= 0.6 is 15.9 Å². The van der Waals surface area contributed by atoms with Crippen molar-refractivity contribution < 1.29 is 4.39 Å². The molecule has 0 aliphatic heterocycles. The van der Waals surface area contributed by atoms with Gasteiger partial charge in [-0.3, -0.25) is 0 Å². The number of nitrogens with two attached hydrogens (primary N) is 1. The summed E-state index contributed by atoms with van der Waals surface area (Å²) in [6, 6.07) is 5.05. The molecule has 0 spiro atoms. The number of rotatable bonds is 5. The second kappa shape index (κ2) is 6.20. The third kappa shape index (κ3) is 4.28. The molecule has 0 aliphatic rings. The van der Waals surface area contributed by atoms with Gasteiger partial charge in [0.25, 0.3) is 0 Å². The zero-order chi connectivity index (χ0) is 11.3. The van der Waals surface area contributed by atoms with E-state index in [0.29, 0.717) is 19.1 Å². The molecular formula is C11H16BrFN2. The lowest BCUT2D eigenvalue weighted by molar-refractivity contribution is 0.517. The summed E-state index contributed by atoms with van der Waals surface area (Å²) in [6.07, 6.45) is 0.924. The molecule has 1 atom stereocenters. The molecule has 0 bridgehead atoms. The summed E-state index contributed by atoms with van der Waals surface area (Å²) in [4.78, 5) is 0. The normalized spacial score (nSPS) is 12.8. The minimum absolute atomic E-state index is 0.207. The van der Waals surface area contributed by atoms with E-state index in [0.717, 1.165) is 16.5 Å². The number of benzene rings is 1. The molecule has 0 aromatic heterocycles. The van der Waals surface area contributed by atoms with Gasteiger partial charge < -0.3 is 11.1 Å². The van der Waals surface area contributed by atoms with Crippen LogP contribution < -0.4 is 11.1 Å². The summed E-state index contributed by atoms with van der Waals surface area (Å²) < 4.78 is 13.9. The molecule has 1 unspecified atom stereocenters. The summed E-state index contributed by atoms with van der Waals surface area (Å²) in [5.74, 6) is -0.207. The fraction of sp³-hybridized carbons (Fsp3) is 0.455. The Morgan fingerprint density at radius 3 is 2.93 bits per heavy atom. The van der Waals surface area contributed by atoms with E-state index in [1.165, 1.54) is 12.1 Å². The molecule has 0 fully saturated rings. The molecule has 0 amide bonds. The first-order valence-electron chi connectivity index (χ1n) is 5.01. The molecule has 1 rings (SSSR count). The quantitative estimate of drug-likeness (QED) is 0.866. The van der Waals surface area contributed by atoms with Gasteiger partial charge in [0.2, 0.25) is 0 Å². The monoisotopic (exact) mass is 274 g/mol. The standard InChI is InChI=1S/C11H16BrFN2/c1-8(4-5-14)15-7-9-6-10(13)2-3-11(9)12/h2-3,6,8,15H,4-5,7,14H2,1H3. The van der Waals surface area contributed by atoms with Crippen LogP contribution in [0.2, 0.25) is 0 Å². The SMILES string of the molecule is CC(CCN)NCc1cc(F)ccc1Br. The first-order chi connectivity index (χ1) is 7.13. The van der Waals surface area contributed by atoms with Crippen molar-refractivity contribution in [1.29, 1.82) is 0 Å². The molecule has 2 nitrogen and oxygen atoms in total. The van der Waals surface area contributed by atoms with Gasteiger partial charge in [0.05, 0.1) is 0 Å². The average Bonchev–Trinajstić information content (AvgIpc) is 2.20. The van der Waals surface area contributed by atoms with Crippen LogP contribution in [-0.4, -0.2) is 12.6 Å². The van der Waals surface area contributed by atoms with Crippen molar-refractivity contribution in [3.8, 4) is 0 Å². The average molecular weight is 275 g/mol. The van der Waals surface area contributed by atoms with E-state index in [-0.39, 0.29) is 5.82 Å². The lowest BCUT2D eigenvalue weighted by Crippen LogP contribution is -2.27. The predicted octanol–water partition coefficient (Wildman–Crippen LogP) is 2.42. The van der Waals surface area contributed by atoms with E-state index in [1.807, 2.05) is 0 Å². The Morgan fingerprint density at radius 1 is 1.53 bits per heavy atom. The van der Waals surface area contributed by atoms with Gasteiger partial charge in [0, 0.05) is 17.1 Å². The van der Waals surface area contributed by atoms with Gasteiger partial charge in [-0.15, -0.1) is 0 Å². The van der Waals surface area contributed by atoms with Gasteiger partial charge in [0.1, 0.15) is 5.82 Å². The fourth-order valence-corrected chi connectivity index (χ4v) is 1.70. The first-order valence-corrected chi connectivity index (χ1v) is 5.80. The summed E-state index contributed by atoms with van der Waals surface area (Å²) in [7, 11) is 0. The van der Waals surface area contributed by atoms with Gasteiger partial charge in [-0.25, -0.2) is 4.39 Å². The molecule has 84 valence electrons. The molecule has 1 aromatic carbocycles. The number of halogens is 2. The third-order valence-corrected chi connectivity index (χ3v) is 3.02. The van der Waals surface area contributed by atoms with Crippen LogP contribution in [0.4, 0.5) is 4.39 Å². The molecule has 0 saturated heterocycles. The maximum absolute atomic E-state index is 13.0. The van der Waals surface area contributed by atoms with Crippen LogP contribution in [-0.2, 0) is 6.54 Å². The zero-order valence-corrected chi connectivity index (χ0v) is 10.3. The fourth-order valence-electron chi connectivity index (χ4n) is 1.32. The lowest BCUT2D eigenvalue weighted by Gasteiger charge is -2.13. The molecule has 15 heavy (non-hydrogen) atoms. The van der Waals surface area contributed by atoms with Crippen molar-refractivity contribution >= 4 is 15.9 Å². The van der Waals surface area contributed by atoms with E-state index in [1.54, 1.807) is 6.07 Å². The highest BCUT2D eigenvalue weighted by Crippen LogP contribution is 2.17. The van der Waals surface area contributed by atoms with E-state index in [2.05, 4.69) is 28.2 Å². The largest absolute Gasteiger partial charge is 0.330 e. The Labute approximate surface area is 98.2 Å². The highest BCUT2D eigenvalue weighted by atomic mass is 79.9. The van der Waals surface area contributed by atoms with Crippen LogP contribution in [0.15, 0.2) is 22.7 Å². The second-order valence-corrected chi connectivity index (χ2v) is 4.45. The van der Waals surface area contributed by atoms with Gasteiger partial charge in [-0.05, 0) is 43.7 Å². The Bertz CT molecular complexity index is 317. The first kappa shape index (κ1) is 12.6. The van der Waals surface area contributed by atoms with Crippen molar-refractivity contribution in [2.75, 3.05) is 6.54 Å². The Balaban J connectivity index is 2.53. The van der Waals surface area contributed by atoms with Crippen LogP contribution in [0.3, 0.4) is 0 Å². The number of hydrogen-bond acceptors (Lipinski definition) is 2. The lowest BCUT2D eigenvalue weighted by atomic mass is 10.2. The molecule has 1 aromatic rings. The maximum atomic E-state index is 13.0. The molecule has 4 heteroatoms. The number of nitrogens with one attached hydrogen (secondary N) is 1. The predicted molar refractivity (Wildman–Crippen MR) is 64.1 cm³/mol. The van der Waals surface area contributed by atoms with Crippen LogP contribution in [0.1, 0.15) is 18.9 Å². The summed E-state index contributed by atoms with van der Waals surface area (Å²) in [5, 5.41) is 3.29. The molecule has 3 N–H and O–H groups in total. The van der Waals surface area contributed by atoms with Gasteiger partial charge in [-0.1, -0.05) is 15.9 Å². The van der Waals surface area contributed by atoms with Gasteiger partial charge >= 0.3 is 0 Å². The maximum Gasteiger partial charge on any atom is 0.123 e. The van der Waals surface area contributed by atoms with Crippen LogP contribution in [0, 0.1) is 5.82 Å². The second-order valence-electron chi connectivity index (χ2n) is 3.60. The smallest absolute Gasteiger partial charge is 0.123 e. The van der Waals surface area contributed by atoms with Gasteiger partial charge in [0.15, 0.2) is 0 Å².